The first-order chi connectivity index (χ1) is 13.1. The van der Waals surface area contributed by atoms with Gasteiger partial charge in [-0.05, 0) is 68.9 Å². The normalized spacial score (nSPS) is 28.6. The maximum Gasteiger partial charge on any atom is 0.306 e. The van der Waals surface area contributed by atoms with Gasteiger partial charge in [0.1, 0.15) is 5.76 Å². The molecule has 27 heavy (non-hydrogen) atoms. The lowest BCUT2D eigenvalue weighted by atomic mass is 9.63. The highest BCUT2D eigenvalue weighted by Crippen LogP contribution is 2.49. The van der Waals surface area contributed by atoms with Crippen molar-refractivity contribution < 1.29 is 19.4 Å². The molecule has 1 N–H and O–H groups in total. The summed E-state index contributed by atoms with van der Waals surface area (Å²) in [5.74, 6) is 0.947. The van der Waals surface area contributed by atoms with E-state index in [9.17, 15) is 4.79 Å². The average molecular weight is 377 g/mol. The third kappa shape index (κ3) is 5.84. The van der Waals surface area contributed by atoms with Crippen LogP contribution in [0.5, 0.6) is 0 Å². The summed E-state index contributed by atoms with van der Waals surface area (Å²) in [4.78, 5) is 11.1. The van der Waals surface area contributed by atoms with Crippen molar-refractivity contribution >= 4 is 5.97 Å². The third-order valence-electron chi connectivity index (χ3n) is 6.77. The summed E-state index contributed by atoms with van der Waals surface area (Å²) in [5, 5.41) is 9.08. The molecule has 0 heterocycles. The van der Waals surface area contributed by atoms with Crippen LogP contribution in [-0.2, 0) is 14.3 Å². The van der Waals surface area contributed by atoms with Gasteiger partial charge in [-0.2, -0.15) is 0 Å². The van der Waals surface area contributed by atoms with Crippen LogP contribution in [0, 0.1) is 17.3 Å². The van der Waals surface area contributed by atoms with Gasteiger partial charge in [0.05, 0.1) is 19.1 Å². The second-order valence-corrected chi connectivity index (χ2v) is 8.79. The van der Waals surface area contributed by atoms with Crippen LogP contribution in [0.3, 0.4) is 0 Å². The molecule has 3 rings (SSSR count). The Labute approximate surface area is 164 Å². The van der Waals surface area contributed by atoms with Crippen LogP contribution in [0.2, 0.25) is 0 Å². The molecule has 0 aromatic rings. The lowest BCUT2D eigenvalue weighted by Crippen LogP contribution is -2.32. The highest BCUT2D eigenvalue weighted by atomic mass is 16.5. The molecule has 2 fully saturated rings. The van der Waals surface area contributed by atoms with Gasteiger partial charge >= 0.3 is 5.97 Å². The molecule has 0 radical (unpaired) electrons. The van der Waals surface area contributed by atoms with Crippen molar-refractivity contribution in [3.8, 4) is 0 Å². The first kappa shape index (κ1) is 20.4. The fourth-order valence-electron chi connectivity index (χ4n) is 5.41. The molecule has 3 atom stereocenters. The summed E-state index contributed by atoms with van der Waals surface area (Å²) in [5.41, 5.74) is 0.619. The number of carboxylic acids is 1. The van der Waals surface area contributed by atoms with E-state index in [-0.39, 0.29) is 18.4 Å². The zero-order chi connectivity index (χ0) is 19.1. The molecule has 0 aromatic carbocycles. The molecule has 0 saturated heterocycles. The van der Waals surface area contributed by atoms with E-state index in [4.69, 9.17) is 14.6 Å². The molecule has 4 heteroatoms. The standard InChI is InChI=1S/C23H36O4/c1-2-26-21(15-22(24)25)19-8-10-20(11-9-19)27-17-18-7-6-14-23(16-18)12-4-3-5-13-23/h8,10-11,18-19,21H,2-7,9,12-17H2,1H3,(H,24,25). The third-order valence-corrected chi connectivity index (χ3v) is 6.77. The van der Waals surface area contributed by atoms with Crippen molar-refractivity contribution in [2.75, 3.05) is 13.2 Å². The second kappa shape index (κ2) is 9.77. The van der Waals surface area contributed by atoms with E-state index in [0.717, 1.165) is 18.8 Å². The fraction of sp³-hybridized carbons (Fsp3) is 0.783. The summed E-state index contributed by atoms with van der Waals surface area (Å²) >= 11 is 0. The van der Waals surface area contributed by atoms with E-state index >= 15 is 0 Å². The first-order valence-electron chi connectivity index (χ1n) is 10.9. The Bertz CT molecular complexity index is 539. The summed E-state index contributed by atoms with van der Waals surface area (Å²) in [6, 6.07) is 0. The van der Waals surface area contributed by atoms with Gasteiger partial charge in [-0.25, -0.2) is 0 Å². The topological polar surface area (TPSA) is 55.8 Å². The molecule has 1 spiro atoms. The molecule has 4 nitrogen and oxygen atoms in total. The van der Waals surface area contributed by atoms with Crippen molar-refractivity contribution in [2.45, 2.75) is 83.7 Å². The maximum atomic E-state index is 11.1. The molecular formula is C23H36O4. The number of allylic oxidation sites excluding steroid dienone is 2. The van der Waals surface area contributed by atoms with E-state index in [1.807, 2.05) is 13.0 Å². The molecule has 0 aliphatic heterocycles. The Hall–Kier alpha value is -1.29. The van der Waals surface area contributed by atoms with Crippen molar-refractivity contribution in [2.24, 2.45) is 17.3 Å². The highest BCUT2D eigenvalue weighted by Gasteiger charge is 2.37. The van der Waals surface area contributed by atoms with Crippen LogP contribution in [0.25, 0.3) is 0 Å². The molecular weight excluding hydrogens is 340 g/mol. The van der Waals surface area contributed by atoms with Gasteiger partial charge in [0, 0.05) is 12.5 Å². The lowest BCUT2D eigenvalue weighted by molar-refractivity contribution is -0.140. The van der Waals surface area contributed by atoms with Crippen LogP contribution in [0.4, 0.5) is 0 Å². The predicted molar refractivity (Wildman–Crippen MR) is 106 cm³/mol. The maximum absolute atomic E-state index is 11.1. The molecule has 0 bridgehead atoms. The van der Waals surface area contributed by atoms with E-state index in [0.29, 0.717) is 17.9 Å². The fourth-order valence-corrected chi connectivity index (χ4v) is 5.41. The monoisotopic (exact) mass is 376 g/mol. The molecule has 0 amide bonds. The number of rotatable bonds is 8. The minimum Gasteiger partial charge on any atom is -0.494 e. The number of carboxylic acid groups (broad SMARTS) is 1. The van der Waals surface area contributed by atoms with Crippen molar-refractivity contribution in [3.63, 3.8) is 0 Å². The highest BCUT2D eigenvalue weighted by molar-refractivity contribution is 5.67. The van der Waals surface area contributed by atoms with E-state index in [1.165, 1.54) is 57.8 Å². The number of ether oxygens (including phenoxy) is 2. The summed E-state index contributed by atoms with van der Waals surface area (Å²) in [7, 11) is 0. The molecule has 3 aliphatic carbocycles. The van der Waals surface area contributed by atoms with E-state index < -0.39 is 5.97 Å². The van der Waals surface area contributed by atoms with Gasteiger partial charge in [0.2, 0.25) is 0 Å². The van der Waals surface area contributed by atoms with Crippen LogP contribution < -0.4 is 0 Å². The Balaban J connectivity index is 1.46. The molecule has 2 saturated carbocycles. The summed E-state index contributed by atoms with van der Waals surface area (Å²) < 4.78 is 11.8. The van der Waals surface area contributed by atoms with Gasteiger partial charge in [0.25, 0.3) is 0 Å². The summed E-state index contributed by atoms with van der Waals surface area (Å²) in [6.07, 6.45) is 19.3. The SMILES string of the molecule is CCOC(CC(=O)O)C1C=CC(OCC2CCCC3(CCCCC3)C2)=CC1. The number of aliphatic carboxylic acids is 1. The minimum atomic E-state index is -0.804. The number of hydrogen-bond donors (Lipinski definition) is 1. The van der Waals surface area contributed by atoms with Crippen LogP contribution in [0.15, 0.2) is 24.0 Å². The van der Waals surface area contributed by atoms with Gasteiger partial charge in [0.15, 0.2) is 0 Å². The minimum absolute atomic E-state index is 0.0526. The van der Waals surface area contributed by atoms with Gasteiger partial charge in [-0.1, -0.05) is 31.8 Å². The Morgan fingerprint density at radius 3 is 2.70 bits per heavy atom. The molecule has 3 unspecified atom stereocenters. The Morgan fingerprint density at radius 2 is 2.04 bits per heavy atom. The number of hydrogen-bond acceptors (Lipinski definition) is 3. The van der Waals surface area contributed by atoms with Gasteiger partial charge in [-0.3, -0.25) is 4.79 Å². The molecule has 152 valence electrons. The van der Waals surface area contributed by atoms with Crippen LogP contribution in [-0.4, -0.2) is 30.4 Å². The lowest BCUT2D eigenvalue weighted by Gasteiger charge is -2.43. The quantitative estimate of drug-likeness (QED) is 0.609. The molecule has 0 aromatic heterocycles. The second-order valence-electron chi connectivity index (χ2n) is 8.79. The smallest absolute Gasteiger partial charge is 0.306 e. The summed E-state index contributed by atoms with van der Waals surface area (Å²) in [6.45, 7) is 3.28. The van der Waals surface area contributed by atoms with Crippen molar-refractivity contribution in [1.29, 1.82) is 0 Å². The van der Waals surface area contributed by atoms with Gasteiger partial charge < -0.3 is 14.6 Å². The Morgan fingerprint density at radius 1 is 1.26 bits per heavy atom. The zero-order valence-corrected chi connectivity index (χ0v) is 16.8. The first-order valence-corrected chi connectivity index (χ1v) is 10.9. The zero-order valence-electron chi connectivity index (χ0n) is 16.8. The number of carbonyl (C=O) groups is 1. The largest absolute Gasteiger partial charge is 0.494 e. The Kier molecular flexibility index (Phi) is 7.40. The van der Waals surface area contributed by atoms with E-state index in [1.54, 1.807) is 0 Å². The van der Waals surface area contributed by atoms with Gasteiger partial charge in [-0.15, -0.1) is 0 Å². The van der Waals surface area contributed by atoms with E-state index in [2.05, 4.69) is 12.2 Å². The predicted octanol–water partition coefficient (Wildman–Crippen LogP) is 5.48. The van der Waals surface area contributed by atoms with Crippen LogP contribution in [0.1, 0.15) is 77.6 Å². The molecule has 3 aliphatic rings. The van der Waals surface area contributed by atoms with Crippen LogP contribution >= 0.6 is 0 Å². The van der Waals surface area contributed by atoms with Crippen molar-refractivity contribution in [3.05, 3.63) is 24.0 Å². The average Bonchev–Trinajstić information content (AvgIpc) is 2.67. The van der Waals surface area contributed by atoms with Crippen molar-refractivity contribution in [1.82, 2.24) is 0 Å².